The van der Waals surface area contributed by atoms with E-state index in [1.807, 2.05) is 20.9 Å². The summed E-state index contributed by atoms with van der Waals surface area (Å²) in [5.41, 5.74) is 2.02. The third-order valence-electron chi connectivity index (χ3n) is 2.77. The summed E-state index contributed by atoms with van der Waals surface area (Å²) in [4.78, 5) is 11.7. The molecule has 8 heteroatoms. The lowest BCUT2D eigenvalue weighted by Gasteiger charge is -2.04. The summed E-state index contributed by atoms with van der Waals surface area (Å²) in [6, 6.07) is -0.290. The summed E-state index contributed by atoms with van der Waals surface area (Å²) < 4.78 is 1.77. The van der Waals surface area contributed by atoms with Crippen molar-refractivity contribution in [3.05, 3.63) is 22.5 Å². The van der Waals surface area contributed by atoms with Crippen molar-refractivity contribution in [3.63, 3.8) is 0 Å². The van der Waals surface area contributed by atoms with Gasteiger partial charge in [0.2, 0.25) is 5.13 Å². The fraction of sp³-hybridized carbons (Fsp3) is 0.455. The number of aromatic nitrogens is 4. The lowest BCUT2D eigenvalue weighted by Crippen LogP contribution is -2.28. The van der Waals surface area contributed by atoms with Gasteiger partial charge in [0, 0.05) is 24.8 Å². The molecule has 0 aliphatic carbocycles. The highest BCUT2D eigenvalue weighted by Crippen LogP contribution is 2.15. The van der Waals surface area contributed by atoms with Crippen molar-refractivity contribution in [2.75, 3.05) is 5.32 Å². The Kier molecular flexibility index (Phi) is 4.10. The van der Waals surface area contributed by atoms with Crippen LogP contribution in [0.2, 0.25) is 0 Å². The molecule has 0 fully saturated rings. The first-order chi connectivity index (χ1) is 9.10. The average molecular weight is 280 g/mol. The van der Waals surface area contributed by atoms with Crippen LogP contribution in [0.4, 0.5) is 9.93 Å². The van der Waals surface area contributed by atoms with Gasteiger partial charge in [-0.3, -0.25) is 10.00 Å². The zero-order chi connectivity index (χ0) is 13.8. The number of anilines is 1. The SMILES string of the molecule is CCc1nnc(NC(=O)NCc2cnn(C)c2C)s1. The van der Waals surface area contributed by atoms with Crippen LogP contribution < -0.4 is 10.6 Å². The third kappa shape index (κ3) is 3.28. The molecule has 0 aliphatic heterocycles. The monoisotopic (exact) mass is 280 g/mol. The number of aryl methyl sites for hydroxylation is 2. The van der Waals surface area contributed by atoms with E-state index in [2.05, 4.69) is 25.9 Å². The van der Waals surface area contributed by atoms with Gasteiger partial charge in [-0.1, -0.05) is 18.3 Å². The van der Waals surface area contributed by atoms with Crippen LogP contribution in [0.5, 0.6) is 0 Å². The van der Waals surface area contributed by atoms with Gasteiger partial charge in [-0.2, -0.15) is 5.10 Å². The standard InChI is InChI=1S/C11H16N6OS/c1-4-9-15-16-11(19-9)14-10(18)12-5-8-6-13-17(3)7(8)2/h6H,4-5H2,1-3H3,(H2,12,14,16,18). The number of carbonyl (C=O) groups excluding carboxylic acids is 1. The fourth-order valence-corrected chi connectivity index (χ4v) is 2.16. The molecule has 2 aromatic heterocycles. The van der Waals surface area contributed by atoms with Crippen LogP contribution in [0.15, 0.2) is 6.20 Å². The summed E-state index contributed by atoms with van der Waals surface area (Å²) >= 11 is 1.38. The Balaban J connectivity index is 1.86. The van der Waals surface area contributed by atoms with Crippen LogP contribution in [-0.4, -0.2) is 26.0 Å². The Bertz CT molecular complexity index is 576. The first-order valence-corrected chi connectivity index (χ1v) is 6.76. The number of nitrogens with zero attached hydrogens (tertiary/aromatic N) is 4. The maximum atomic E-state index is 11.7. The molecule has 0 spiro atoms. The van der Waals surface area contributed by atoms with Crippen LogP contribution >= 0.6 is 11.3 Å². The van der Waals surface area contributed by atoms with Gasteiger partial charge < -0.3 is 5.32 Å². The zero-order valence-corrected chi connectivity index (χ0v) is 11.9. The molecule has 0 saturated carbocycles. The molecule has 0 radical (unpaired) electrons. The molecule has 0 aromatic carbocycles. The van der Waals surface area contributed by atoms with Gasteiger partial charge in [0.25, 0.3) is 0 Å². The van der Waals surface area contributed by atoms with Crippen molar-refractivity contribution in [2.24, 2.45) is 7.05 Å². The Hall–Kier alpha value is -1.96. The second-order valence-corrected chi connectivity index (χ2v) is 5.10. The smallest absolute Gasteiger partial charge is 0.321 e. The minimum Gasteiger partial charge on any atom is -0.334 e. The minimum atomic E-state index is -0.290. The highest BCUT2D eigenvalue weighted by Gasteiger charge is 2.08. The molecule has 102 valence electrons. The van der Waals surface area contributed by atoms with Crippen molar-refractivity contribution >= 4 is 22.5 Å². The van der Waals surface area contributed by atoms with Gasteiger partial charge in [-0.25, -0.2) is 4.79 Å². The van der Waals surface area contributed by atoms with E-state index in [9.17, 15) is 4.79 Å². The predicted molar refractivity (Wildman–Crippen MR) is 73.1 cm³/mol. The molecule has 2 N–H and O–H groups in total. The van der Waals surface area contributed by atoms with Crippen molar-refractivity contribution in [3.8, 4) is 0 Å². The van der Waals surface area contributed by atoms with E-state index in [-0.39, 0.29) is 6.03 Å². The van der Waals surface area contributed by atoms with Crippen molar-refractivity contribution in [2.45, 2.75) is 26.8 Å². The highest BCUT2D eigenvalue weighted by atomic mass is 32.1. The van der Waals surface area contributed by atoms with E-state index in [0.29, 0.717) is 11.7 Å². The lowest BCUT2D eigenvalue weighted by atomic mass is 10.2. The molecule has 2 aromatic rings. The van der Waals surface area contributed by atoms with E-state index in [1.54, 1.807) is 10.9 Å². The third-order valence-corrected chi connectivity index (χ3v) is 3.75. The number of nitrogens with one attached hydrogen (secondary N) is 2. The van der Waals surface area contributed by atoms with Crippen LogP contribution in [0.1, 0.15) is 23.2 Å². The van der Waals surface area contributed by atoms with E-state index >= 15 is 0 Å². The highest BCUT2D eigenvalue weighted by molar-refractivity contribution is 7.15. The minimum absolute atomic E-state index is 0.290. The van der Waals surface area contributed by atoms with Gasteiger partial charge in [0.15, 0.2) is 0 Å². The van der Waals surface area contributed by atoms with Gasteiger partial charge in [0.1, 0.15) is 5.01 Å². The average Bonchev–Trinajstić information content (AvgIpc) is 2.96. The first-order valence-electron chi connectivity index (χ1n) is 5.95. The van der Waals surface area contributed by atoms with Crippen LogP contribution in [-0.2, 0) is 20.0 Å². The molecule has 0 bridgehead atoms. The van der Waals surface area contributed by atoms with Crippen LogP contribution in [0.25, 0.3) is 0 Å². The topological polar surface area (TPSA) is 84.7 Å². The van der Waals surface area contributed by atoms with Crippen LogP contribution in [0, 0.1) is 6.92 Å². The van der Waals surface area contributed by atoms with E-state index in [1.165, 1.54) is 11.3 Å². The maximum absolute atomic E-state index is 11.7. The molecule has 0 atom stereocenters. The van der Waals surface area contributed by atoms with E-state index in [0.717, 1.165) is 22.7 Å². The number of carbonyl (C=O) groups is 1. The largest absolute Gasteiger partial charge is 0.334 e. The molecule has 0 unspecified atom stereocenters. The molecule has 2 amide bonds. The number of urea groups is 1. The van der Waals surface area contributed by atoms with Gasteiger partial charge in [-0.15, -0.1) is 10.2 Å². The molecule has 7 nitrogen and oxygen atoms in total. The Morgan fingerprint density at radius 1 is 1.47 bits per heavy atom. The summed E-state index contributed by atoms with van der Waals surface area (Å²) in [5, 5.41) is 18.8. The molecule has 2 heterocycles. The van der Waals surface area contributed by atoms with Gasteiger partial charge in [0.05, 0.1) is 6.20 Å². The van der Waals surface area contributed by atoms with Crippen molar-refractivity contribution in [1.82, 2.24) is 25.3 Å². The lowest BCUT2D eigenvalue weighted by molar-refractivity contribution is 0.251. The number of rotatable bonds is 4. The Morgan fingerprint density at radius 3 is 2.84 bits per heavy atom. The molecule has 0 saturated heterocycles. The van der Waals surface area contributed by atoms with Gasteiger partial charge >= 0.3 is 6.03 Å². The molecular weight excluding hydrogens is 264 g/mol. The fourth-order valence-electron chi connectivity index (χ4n) is 1.48. The maximum Gasteiger partial charge on any atom is 0.321 e. The molecule has 19 heavy (non-hydrogen) atoms. The number of hydrogen-bond acceptors (Lipinski definition) is 5. The molecular formula is C11H16N6OS. The normalized spacial score (nSPS) is 10.5. The van der Waals surface area contributed by atoms with Crippen molar-refractivity contribution in [1.29, 1.82) is 0 Å². The van der Waals surface area contributed by atoms with Crippen LogP contribution in [0.3, 0.4) is 0 Å². The van der Waals surface area contributed by atoms with Crippen molar-refractivity contribution < 1.29 is 4.79 Å². The summed E-state index contributed by atoms with van der Waals surface area (Å²) in [5.74, 6) is 0. The Morgan fingerprint density at radius 2 is 2.26 bits per heavy atom. The molecule has 2 rings (SSSR count). The Labute approximate surface area is 115 Å². The second kappa shape index (κ2) is 5.79. The summed E-state index contributed by atoms with van der Waals surface area (Å²) in [7, 11) is 1.87. The summed E-state index contributed by atoms with van der Waals surface area (Å²) in [6.45, 7) is 4.39. The van der Waals surface area contributed by atoms with E-state index < -0.39 is 0 Å². The zero-order valence-electron chi connectivity index (χ0n) is 11.1. The van der Waals surface area contributed by atoms with E-state index in [4.69, 9.17) is 0 Å². The molecule has 0 aliphatic rings. The number of amides is 2. The first kappa shape index (κ1) is 13.5. The quantitative estimate of drug-likeness (QED) is 0.888. The second-order valence-electron chi connectivity index (χ2n) is 4.04. The predicted octanol–water partition coefficient (Wildman–Crippen LogP) is 1.46. The van der Waals surface area contributed by atoms with Gasteiger partial charge in [-0.05, 0) is 13.3 Å². The summed E-state index contributed by atoms with van der Waals surface area (Å²) in [6.07, 6.45) is 2.56. The number of hydrogen-bond donors (Lipinski definition) is 2.